The van der Waals surface area contributed by atoms with Gasteiger partial charge in [0.1, 0.15) is 11.6 Å². The molecule has 1 amide bonds. The van der Waals surface area contributed by atoms with Crippen molar-refractivity contribution in [2.24, 2.45) is 0 Å². The van der Waals surface area contributed by atoms with E-state index in [1.807, 2.05) is 19.9 Å². The van der Waals surface area contributed by atoms with Gasteiger partial charge in [0.2, 0.25) is 0 Å². The largest absolute Gasteiger partial charge is 0.331 e. The van der Waals surface area contributed by atoms with E-state index in [-0.39, 0.29) is 11.1 Å². The van der Waals surface area contributed by atoms with Crippen molar-refractivity contribution in [3.05, 3.63) is 105 Å². The number of hydrogen-bond donors (Lipinski definition) is 0. The van der Waals surface area contributed by atoms with Gasteiger partial charge in [-0.05, 0) is 61.4 Å². The lowest BCUT2D eigenvalue weighted by Gasteiger charge is -2.29. The Bertz CT molecular complexity index is 1420. The number of aromatic nitrogens is 2. The van der Waals surface area contributed by atoms with E-state index < -0.39 is 17.8 Å². The fourth-order valence-corrected chi connectivity index (χ4v) is 4.30. The summed E-state index contributed by atoms with van der Waals surface area (Å²) in [7, 11) is 1.60. The smallest absolute Gasteiger partial charge is 0.266 e. The third-order valence-corrected chi connectivity index (χ3v) is 6.01. The van der Waals surface area contributed by atoms with Crippen LogP contribution in [0.2, 0.25) is 5.02 Å². The SMILES string of the molecule is CCC(c1nc2ccccc2c(=O)n1-c1ccc(Cl)cc1C)N(C)C(=O)c1ccccc1F. The van der Waals surface area contributed by atoms with Gasteiger partial charge in [-0.3, -0.25) is 14.2 Å². The lowest BCUT2D eigenvalue weighted by Crippen LogP contribution is -2.36. The van der Waals surface area contributed by atoms with Crippen LogP contribution in [0, 0.1) is 12.7 Å². The van der Waals surface area contributed by atoms with E-state index in [9.17, 15) is 14.0 Å². The number of fused-ring (bicyclic) bond motifs is 1. The molecule has 0 saturated heterocycles. The van der Waals surface area contributed by atoms with Crippen molar-refractivity contribution in [2.75, 3.05) is 7.05 Å². The molecule has 168 valence electrons. The fraction of sp³-hybridized carbons (Fsp3) is 0.192. The van der Waals surface area contributed by atoms with Gasteiger partial charge >= 0.3 is 0 Å². The van der Waals surface area contributed by atoms with Gasteiger partial charge in [-0.1, -0.05) is 42.8 Å². The molecule has 0 saturated carbocycles. The summed E-state index contributed by atoms with van der Waals surface area (Å²) in [5.74, 6) is -0.679. The molecule has 1 atom stereocenters. The van der Waals surface area contributed by atoms with Crippen molar-refractivity contribution in [2.45, 2.75) is 26.3 Å². The van der Waals surface area contributed by atoms with Gasteiger partial charge in [-0.15, -0.1) is 0 Å². The average molecular weight is 464 g/mol. The highest BCUT2D eigenvalue weighted by atomic mass is 35.5. The number of hydrogen-bond acceptors (Lipinski definition) is 3. The normalized spacial score (nSPS) is 12.0. The van der Waals surface area contributed by atoms with Crippen molar-refractivity contribution in [1.82, 2.24) is 14.5 Å². The van der Waals surface area contributed by atoms with Gasteiger partial charge < -0.3 is 4.90 Å². The first-order valence-corrected chi connectivity index (χ1v) is 11.0. The highest BCUT2D eigenvalue weighted by Gasteiger charge is 2.28. The second kappa shape index (κ2) is 9.16. The van der Waals surface area contributed by atoms with Crippen LogP contribution < -0.4 is 5.56 Å². The molecule has 0 aliphatic heterocycles. The summed E-state index contributed by atoms with van der Waals surface area (Å²) in [5, 5.41) is 1.02. The standard InChI is InChI=1S/C26H23ClFN3O2/c1-4-22(30(3)25(32)18-9-5-7-11-20(18)28)24-29-21-12-8-6-10-19(21)26(33)31(24)23-14-13-17(27)15-16(23)2/h5-15,22H,4H2,1-3H3. The van der Waals surface area contributed by atoms with Crippen molar-refractivity contribution >= 4 is 28.4 Å². The Morgan fingerprint density at radius 2 is 1.82 bits per heavy atom. The topological polar surface area (TPSA) is 55.2 Å². The first-order valence-electron chi connectivity index (χ1n) is 10.6. The number of benzene rings is 3. The van der Waals surface area contributed by atoms with E-state index in [2.05, 4.69) is 0 Å². The van der Waals surface area contributed by atoms with Crippen molar-refractivity contribution in [3.63, 3.8) is 0 Å². The van der Waals surface area contributed by atoms with Crippen LogP contribution in [-0.2, 0) is 0 Å². The molecule has 0 bridgehead atoms. The Hall–Kier alpha value is -3.51. The molecule has 1 heterocycles. The molecule has 4 rings (SSSR count). The summed E-state index contributed by atoms with van der Waals surface area (Å²) >= 11 is 6.15. The van der Waals surface area contributed by atoms with Crippen LogP contribution in [0.5, 0.6) is 0 Å². The summed E-state index contributed by atoms with van der Waals surface area (Å²) in [6, 6.07) is 17.6. The molecule has 0 aliphatic rings. The van der Waals surface area contributed by atoms with Gasteiger partial charge in [0.15, 0.2) is 0 Å². The molecule has 0 radical (unpaired) electrons. The minimum Gasteiger partial charge on any atom is -0.331 e. The molecule has 0 spiro atoms. The summed E-state index contributed by atoms with van der Waals surface area (Å²) in [6.45, 7) is 3.76. The third kappa shape index (κ3) is 4.14. The zero-order valence-corrected chi connectivity index (χ0v) is 19.3. The number of aryl methyl sites for hydroxylation is 1. The van der Waals surface area contributed by atoms with Gasteiger partial charge in [-0.25, -0.2) is 9.37 Å². The summed E-state index contributed by atoms with van der Waals surface area (Å²) in [6.07, 6.45) is 0.466. The van der Waals surface area contributed by atoms with Gasteiger partial charge in [0, 0.05) is 12.1 Å². The zero-order valence-electron chi connectivity index (χ0n) is 18.5. The van der Waals surface area contributed by atoms with Crippen LogP contribution in [0.4, 0.5) is 4.39 Å². The predicted molar refractivity (Wildman–Crippen MR) is 129 cm³/mol. The number of halogens is 2. The Labute approximate surface area is 196 Å². The maximum Gasteiger partial charge on any atom is 0.266 e. The van der Waals surface area contributed by atoms with Crippen LogP contribution in [0.25, 0.3) is 16.6 Å². The Balaban J connectivity index is 1.95. The summed E-state index contributed by atoms with van der Waals surface area (Å²) < 4.78 is 15.9. The molecule has 33 heavy (non-hydrogen) atoms. The van der Waals surface area contributed by atoms with Gasteiger partial charge in [0.05, 0.1) is 28.2 Å². The predicted octanol–water partition coefficient (Wildman–Crippen LogP) is 5.71. The minimum atomic E-state index is -0.596. The van der Waals surface area contributed by atoms with E-state index in [0.29, 0.717) is 33.9 Å². The number of nitrogens with zero attached hydrogens (tertiary/aromatic N) is 3. The van der Waals surface area contributed by atoms with Crippen LogP contribution in [-0.4, -0.2) is 27.4 Å². The number of para-hydroxylation sites is 1. The minimum absolute atomic E-state index is 0.0317. The van der Waals surface area contributed by atoms with Crippen molar-refractivity contribution < 1.29 is 9.18 Å². The molecule has 1 unspecified atom stereocenters. The third-order valence-electron chi connectivity index (χ3n) is 5.78. The first-order chi connectivity index (χ1) is 15.8. The molecule has 0 fully saturated rings. The van der Waals surface area contributed by atoms with E-state index in [4.69, 9.17) is 16.6 Å². The quantitative estimate of drug-likeness (QED) is 0.381. The monoisotopic (exact) mass is 463 g/mol. The van der Waals surface area contributed by atoms with Crippen LogP contribution in [0.3, 0.4) is 0 Å². The molecule has 0 N–H and O–H groups in total. The van der Waals surface area contributed by atoms with Crippen LogP contribution in [0.15, 0.2) is 71.5 Å². The first kappa shape index (κ1) is 22.7. The van der Waals surface area contributed by atoms with E-state index in [1.54, 1.807) is 49.5 Å². The maximum atomic E-state index is 14.3. The molecule has 5 nitrogen and oxygen atoms in total. The maximum absolute atomic E-state index is 14.3. The summed E-state index contributed by atoms with van der Waals surface area (Å²) in [5.41, 5.74) is 1.68. The Kier molecular flexibility index (Phi) is 6.29. The Morgan fingerprint density at radius 1 is 1.12 bits per heavy atom. The van der Waals surface area contributed by atoms with E-state index in [0.717, 1.165) is 5.56 Å². The van der Waals surface area contributed by atoms with E-state index >= 15 is 0 Å². The van der Waals surface area contributed by atoms with Crippen LogP contribution >= 0.6 is 11.6 Å². The van der Waals surface area contributed by atoms with Crippen LogP contribution in [0.1, 0.15) is 41.1 Å². The molecule has 1 aromatic heterocycles. The number of carbonyl (C=O) groups excluding carboxylic acids is 1. The lowest BCUT2D eigenvalue weighted by atomic mass is 10.1. The van der Waals surface area contributed by atoms with E-state index in [1.165, 1.54) is 27.7 Å². The number of carbonyl (C=O) groups is 1. The second-order valence-corrected chi connectivity index (χ2v) is 8.31. The summed E-state index contributed by atoms with van der Waals surface area (Å²) in [4.78, 5) is 33.1. The molecule has 3 aromatic carbocycles. The van der Waals surface area contributed by atoms with Crippen molar-refractivity contribution in [3.8, 4) is 5.69 Å². The van der Waals surface area contributed by atoms with Gasteiger partial charge in [0.25, 0.3) is 11.5 Å². The average Bonchev–Trinajstić information content (AvgIpc) is 2.80. The molecular weight excluding hydrogens is 441 g/mol. The highest BCUT2D eigenvalue weighted by molar-refractivity contribution is 6.30. The zero-order chi connectivity index (χ0) is 23.7. The van der Waals surface area contributed by atoms with Crippen molar-refractivity contribution in [1.29, 1.82) is 0 Å². The second-order valence-electron chi connectivity index (χ2n) is 7.88. The van der Waals surface area contributed by atoms with Gasteiger partial charge in [-0.2, -0.15) is 0 Å². The molecule has 4 aromatic rings. The highest BCUT2D eigenvalue weighted by Crippen LogP contribution is 2.28. The Morgan fingerprint density at radius 3 is 2.52 bits per heavy atom. The molecule has 0 aliphatic carbocycles. The number of amides is 1. The number of rotatable bonds is 5. The lowest BCUT2D eigenvalue weighted by molar-refractivity contribution is 0.0712. The molecular formula is C26H23ClFN3O2. The fourth-order valence-electron chi connectivity index (χ4n) is 4.07. The molecule has 7 heteroatoms.